The van der Waals surface area contributed by atoms with Crippen molar-refractivity contribution in [3.63, 3.8) is 0 Å². The molecule has 4 heteroatoms. The van der Waals surface area contributed by atoms with Crippen molar-refractivity contribution in [1.29, 1.82) is 0 Å². The molecule has 4 rings (SSSR count). The Hall–Kier alpha value is -3.66. The summed E-state index contributed by atoms with van der Waals surface area (Å²) in [5.74, 6) is 0.476. The normalized spacial score (nSPS) is 13.5. The minimum atomic E-state index is -0.279. The summed E-state index contributed by atoms with van der Waals surface area (Å²) in [5.41, 5.74) is 4.01. The van der Waals surface area contributed by atoms with E-state index in [1.54, 1.807) is 30.3 Å². The van der Waals surface area contributed by atoms with Gasteiger partial charge in [0.05, 0.1) is 5.70 Å². The van der Waals surface area contributed by atoms with Crippen molar-refractivity contribution in [2.45, 2.75) is 26.4 Å². The average Bonchev–Trinajstić information content (AvgIpc) is 3.64. The fraction of sp³-hybridized carbons (Fsp3) is 0.185. The fourth-order valence-electron chi connectivity index (χ4n) is 3.31. The highest BCUT2D eigenvalue weighted by atomic mass is 16.5. The Morgan fingerprint density at radius 1 is 0.968 bits per heavy atom. The molecule has 1 aliphatic carbocycles. The Balaban J connectivity index is 1.46. The second-order valence-corrected chi connectivity index (χ2v) is 7.86. The monoisotopic (exact) mass is 411 g/mol. The highest BCUT2D eigenvalue weighted by Gasteiger charge is 2.32. The van der Waals surface area contributed by atoms with Crippen molar-refractivity contribution in [1.82, 2.24) is 5.32 Å². The first-order valence-corrected chi connectivity index (χ1v) is 10.5. The van der Waals surface area contributed by atoms with Crippen LogP contribution in [0, 0.1) is 12.8 Å². The number of rotatable bonds is 8. The number of amides is 1. The van der Waals surface area contributed by atoms with Crippen molar-refractivity contribution >= 4 is 17.8 Å². The maximum atomic E-state index is 12.7. The van der Waals surface area contributed by atoms with E-state index in [0.29, 0.717) is 17.9 Å². The van der Waals surface area contributed by atoms with Crippen LogP contribution in [0.2, 0.25) is 0 Å². The third kappa shape index (κ3) is 5.70. The van der Waals surface area contributed by atoms with Crippen LogP contribution < -0.4 is 10.1 Å². The molecule has 1 N–H and O–H groups in total. The lowest BCUT2D eigenvalue weighted by Crippen LogP contribution is -2.28. The van der Waals surface area contributed by atoms with Gasteiger partial charge in [-0.1, -0.05) is 60.2 Å². The van der Waals surface area contributed by atoms with Gasteiger partial charge < -0.3 is 10.1 Å². The number of hydrogen-bond donors (Lipinski definition) is 1. The number of carbonyl (C=O) groups excluding carboxylic acids is 2. The molecule has 0 unspecified atom stereocenters. The lowest BCUT2D eigenvalue weighted by molar-refractivity contribution is -0.116. The Morgan fingerprint density at radius 2 is 1.71 bits per heavy atom. The van der Waals surface area contributed by atoms with E-state index in [9.17, 15) is 9.59 Å². The van der Waals surface area contributed by atoms with E-state index in [-0.39, 0.29) is 17.6 Å². The van der Waals surface area contributed by atoms with Crippen molar-refractivity contribution in [2.75, 3.05) is 0 Å². The maximum absolute atomic E-state index is 12.7. The molecule has 31 heavy (non-hydrogen) atoms. The van der Waals surface area contributed by atoms with Crippen LogP contribution in [0.5, 0.6) is 5.75 Å². The molecule has 0 heterocycles. The second kappa shape index (κ2) is 9.43. The maximum Gasteiger partial charge on any atom is 0.255 e. The van der Waals surface area contributed by atoms with E-state index in [0.717, 1.165) is 29.7 Å². The quantitative estimate of drug-likeness (QED) is 0.510. The van der Waals surface area contributed by atoms with Crippen LogP contribution in [-0.2, 0) is 11.4 Å². The number of allylic oxidation sites excluding steroid dienone is 1. The van der Waals surface area contributed by atoms with Gasteiger partial charge in [0.25, 0.3) is 5.91 Å². The molecule has 0 bridgehead atoms. The molecule has 4 nitrogen and oxygen atoms in total. The largest absolute Gasteiger partial charge is 0.489 e. The van der Waals surface area contributed by atoms with Crippen LogP contribution in [0.25, 0.3) is 6.08 Å². The van der Waals surface area contributed by atoms with Crippen LogP contribution in [0.3, 0.4) is 0 Å². The number of benzene rings is 3. The molecule has 0 radical (unpaired) electrons. The van der Waals surface area contributed by atoms with Crippen LogP contribution >= 0.6 is 0 Å². The third-order valence-electron chi connectivity index (χ3n) is 5.18. The predicted octanol–water partition coefficient (Wildman–Crippen LogP) is 5.32. The highest BCUT2D eigenvalue weighted by Crippen LogP contribution is 2.32. The molecule has 0 spiro atoms. The Labute approximate surface area is 182 Å². The summed E-state index contributed by atoms with van der Waals surface area (Å²) in [7, 11) is 0. The van der Waals surface area contributed by atoms with E-state index in [1.165, 1.54) is 5.56 Å². The number of aryl methyl sites for hydroxylation is 1. The van der Waals surface area contributed by atoms with E-state index in [1.807, 2.05) is 42.5 Å². The zero-order valence-electron chi connectivity index (χ0n) is 17.5. The third-order valence-corrected chi connectivity index (χ3v) is 5.18. The molecule has 1 amide bonds. The number of ketones is 1. The van der Waals surface area contributed by atoms with Crippen LogP contribution in [0.1, 0.15) is 39.9 Å². The first-order chi connectivity index (χ1) is 15.1. The van der Waals surface area contributed by atoms with Gasteiger partial charge in [-0.15, -0.1) is 0 Å². The lowest BCUT2D eigenvalue weighted by atomic mass is 10.1. The first-order valence-electron chi connectivity index (χ1n) is 10.5. The standard InChI is InChI=1S/C27H25NO3/c1-19-6-5-7-21(16-19)18-31-24-14-10-20(11-15-24)17-25(26(29)22-12-13-22)28-27(30)23-8-3-2-4-9-23/h2-11,14-17,22H,12-13,18H2,1H3,(H,28,30)/b25-17-. The smallest absolute Gasteiger partial charge is 0.255 e. The van der Waals surface area contributed by atoms with E-state index in [2.05, 4.69) is 24.4 Å². The Kier molecular flexibility index (Phi) is 6.27. The molecular weight excluding hydrogens is 386 g/mol. The summed E-state index contributed by atoms with van der Waals surface area (Å²) < 4.78 is 5.87. The van der Waals surface area contributed by atoms with Crippen LogP contribution in [-0.4, -0.2) is 11.7 Å². The molecule has 1 saturated carbocycles. The minimum absolute atomic E-state index is 0.0101. The van der Waals surface area contributed by atoms with Crippen molar-refractivity contribution in [3.05, 3.63) is 107 Å². The molecule has 0 atom stereocenters. The molecule has 3 aromatic carbocycles. The Morgan fingerprint density at radius 3 is 2.39 bits per heavy atom. The SMILES string of the molecule is Cc1cccc(COc2ccc(/C=C(\NC(=O)c3ccccc3)C(=O)C3CC3)cc2)c1. The molecule has 3 aromatic rings. The number of ether oxygens (including phenoxy) is 1. The Bertz CT molecular complexity index is 1100. The molecule has 0 saturated heterocycles. The van der Waals surface area contributed by atoms with Gasteiger partial charge in [0.15, 0.2) is 5.78 Å². The summed E-state index contributed by atoms with van der Waals surface area (Å²) in [4.78, 5) is 25.3. The van der Waals surface area contributed by atoms with Crippen molar-refractivity contribution in [3.8, 4) is 5.75 Å². The van der Waals surface area contributed by atoms with Gasteiger partial charge >= 0.3 is 0 Å². The van der Waals surface area contributed by atoms with E-state index in [4.69, 9.17) is 4.74 Å². The van der Waals surface area contributed by atoms with Gasteiger partial charge in [0.2, 0.25) is 0 Å². The first kappa shape index (κ1) is 20.6. The summed E-state index contributed by atoms with van der Waals surface area (Å²) in [5, 5.41) is 2.81. The molecule has 1 fully saturated rings. The zero-order valence-corrected chi connectivity index (χ0v) is 17.5. The van der Waals surface area contributed by atoms with Crippen molar-refractivity contribution < 1.29 is 14.3 Å². The van der Waals surface area contributed by atoms with Crippen LogP contribution in [0.15, 0.2) is 84.6 Å². The molecular formula is C27H25NO3. The summed E-state index contributed by atoms with van der Waals surface area (Å²) in [6, 6.07) is 24.7. The van der Waals surface area contributed by atoms with Gasteiger partial charge in [-0.3, -0.25) is 9.59 Å². The molecule has 0 aromatic heterocycles. The van der Waals surface area contributed by atoms with Crippen LogP contribution in [0.4, 0.5) is 0 Å². The number of Topliss-reactive ketones (excluding diaryl/α,β-unsaturated/α-hetero) is 1. The summed E-state index contributed by atoms with van der Waals surface area (Å²) in [6.07, 6.45) is 3.50. The van der Waals surface area contributed by atoms with Gasteiger partial charge in [-0.2, -0.15) is 0 Å². The molecule has 1 aliphatic rings. The van der Waals surface area contributed by atoms with Gasteiger partial charge in [-0.25, -0.2) is 0 Å². The number of hydrogen-bond acceptors (Lipinski definition) is 3. The topological polar surface area (TPSA) is 55.4 Å². The van der Waals surface area contributed by atoms with E-state index < -0.39 is 0 Å². The lowest BCUT2D eigenvalue weighted by Gasteiger charge is -2.10. The van der Waals surface area contributed by atoms with Gasteiger partial charge in [0.1, 0.15) is 12.4 Å². The van der Waals surface area contributed by atoms with Crippen molar-refractivity contribution in [2.24, 2.45) is 5.92 Å². The molecule has 0 aliphatic heterocycles. The van der Waals surface area contributed by atoms with Gasteiger partial charge in [-0.05, 0) is 61.2 Å². The molecule has 156 valence electrons. The average molecular weight is 412 g/mol. The zero-order chi connectivity index (χ0) is 21.6. The highest BCUT2D eigenvalue weighted by molar-refractivity contribution is 6.07. The fourth-order valence-corrected chi connectivity index (χ4v) is 3.31. The van der Waals surface area contributed by atoms with E-state index >= 15 is 0 Å². The number of carbonyl (C=O) groups is 2. The summed E-state index contributed by atoms with van der Waals surface area (Å²) >= 11 is 0. The number of nitrogens with one attached hydrogen (secondary N) is 1. The summed E-state index contributed by atoms with van der Waals surface area (Å²) in [6.45, 7) is 2.55. The minimum Gasteiger partial charge on any atom is -0.489 e. The van der Waals surface area contributed by atoms with Gasteiger partial charge in [0, 0.05) is 11.5 Å². The second-order valence-electron chi connectivity index (χ2n) is 7.86. The predicted molar refractivity (Wildman–Crippen MR) is 122 cm³/mol.